The molecule has 154 valence electrons. The maximum atomic E-state index is 9.62. The number of nitrogens with zero attached hydrogens (tertiary/aromatic N) is 1. The molecule has 0 bridgehead atoms. The van der Waals surface area contributed by atoms with Crippen LogP contribution in [-0.4, -0.2) is 42.9 Å². The molecule has 0 amide bonds. The lowest BCUT2D eigenvalue weighted by molar-refractivity contribution is 0.120. The highest BCUT2D eigenvalue weighted by Crippen LogP contribution is 2.24. The van der Waals surface area contributed by atoms with Gasteiger partial charge in [-0.2, -0.15) is 0 Å². The van der Waals surface area contributed by atoms with E-state index < -0.39 is 0 Å². The van der Waals surface area contributed by atoms with E-state index in [1.807, 2.05) is 12.1 Å². The molecule has 5 nitrogen and oxygen atoms in total. The molecule has 1 aliphatic carbocycles. The van der Waals surface area contributed by atoms with E-state index in [1.165, 1.54) is 5.56 Å². The van der Waals surface area contributed by atoms with Gasteiger partial charge in [-0.15, -0.1) is 24.0 Å². The number of benzene rings is 1. The third-order valence-electron chi connectivity index (χ3n) is 4.73. The minimum atomic E-state index is -0.134. The molecule has 0 saturated heterocycles. The number of halogens is 1. The molecule has 0 radical (unpaired) electrons. The molecular weight excluding hydrogens is 453 g/mol. The molecule has 0 unspecified atom stereocenters. The Labute approximate surface area is 181 Å². The standard InChI is InChI=1S/C21H35N3O2.HI/c1-5-22-20(24-17-8-10-18(25)11-9-17)23-14-15-26-19-12-6-16(7-13-19)21(2,3)4;/h6-7,12-13,17-18,25H,5,8-11,14-15H2,1-4H3,(H2,22,23,24);1H. The first-order valence-corrected chi connectivity index (χ1v) is 9.84. The van der Waals surface area contributed by atoms with Gasteiger partial charge < -0.3 is 20.5 Å². The third-order valence-corrected chi connectivity index (χ3v) is 4.73. The number of hydrogen-bond acceptors (Lipinski definition) is 3. The van der Waals surface area contributed by atoms with Crippen molar-refractivity contribution in [2.75, 3.05) is 19.7 Å². The predicted molar refractivity (Wildman–Crippen MR) is 123 cm³/mol. The van der Waals surface area contributed by atoms with Crippen LogP contribution in [0.1, 0.15) is 58.9 Å². The van der Waals surface area contributed by atoms with Gasteiger partial charge in [0.1, 0.15) is 12.4 Å². The van der Waals surface area contributed by atoms with Crippen molar-refractivity contribution >= 4 is 29.9 Å². The minimum absolute atomic E-state index is 0. The molecule has 1 aliphatic rings. The van der Waals surface area contributed by atoms with Crippen LogP contribution in [0.2, 0.25) is 0 Å². The Balaban J connectivity index is 0.00000364. The van der Waals surface area contributed by atoms with Gasteiger partial charge in [0.25, 0.3) is 0 Å². The number of guanidine groups is 1. The smallest absolute Gasteiger partial charge is 0.191 e. The first kappa shape index (κ1) is 24.0. The summed E-state index contributed by atoms with van der Waals surface area (Å²) in [6, 6.07) is 8.70. The number of aliphatic hydroxyl groups excluding tert-OH is 1. The zero-order valence-electron chi connectivity index (χ0n) is 17.1. The molecule has 1 saturated carbocycles. The van der Waals surface area contributed by atoms with E-state index in [4.69, 9.17) is 4.74 Å². The van der Waals surface area contributed by atoms with Crippen LogP contribution in [0.5, 0.6) is 5.75 Å². The van der Waals surface area contributed by atoms with Gasteiger partial charge in [0.05, 0.1) is 12.6 Å². The summed E-state index contributed by atoms with van der Waals surface area (Å²) < 4.78 is 5.81. The van der Waals surface area contributed by atoms with E-state index in [-0.39, 0.29) is 35.5 Å². The predicted octanol–water partition coefficient (Wildman–Crippen LogP) is 3.84. The van der Waals surface area contributed by atoms with Gasteiger partial charge in [-0.25, -0.2) is 4.99 Å². The summed E-state index contributed by atoms with van der Waals surface area (Å²) in [6.07, 6.45) is 3.57. The molecule has 0 heterocycles. The van der Waals surface area contributed by atoms with E-state index in [2.05, 4.69) is 55.5 Å². The van der Waals surface area contributed by atoms with Crippen molar-refractivity contribution in [1.29, 1.82) is 0 Å². The van der Waals surface area contributed by atoms with Crippen molar-refractivity contribution in [3.8, 4) is 5.75 Å². The highest BCUT2D eigenvalue weighted by atomic mass is 127. The van der Waals surface area contributed by atoms with Crippen molar-refractivity contribution < 1.29 is 9.84 Å². The average Bonchev–Trinajstić information content (AvgIpc) is 2.60. The van der Waals surface area contributed by atoms with Gasteiger partial charge in [-0.1, -0.05) is 32.9 Å². The van der Waals surface area contributed by atoms with Crippen LogP contribution in [0.4, 0.5) is 0 Å². The first-order chi connectivity index (χ1) is 12.4. The normalized spacial score (nSPS) is 20.6. The molecule has 0 spiro atoms. The first-order valence-electron chi connectivity index (χ1n) is 9.84. The average molecular weight is 489 g/mol. The maximum absolute atomic E-state index is 9.62. The zero-order chi connectivity index (χ0) is 19.0. The maximum Gasteiger partial charge on any atom is 0.191 e. The number of hydrogen-bond donors (Lipinski definition) is 3. The fourth-order valence-corrected chi connectivity index (χ4v) is 3.11. The van der Waals surface area contributed by atoms with Gasteiger partial charge in [0, 0.05) is 12.6 Å². The van der Waals surface area contributed by atoms with Crippen LogP contribution < -0.4 is 15.4 Å². The Morgan fingerprint density at radius 2 is 1.78 bits per heavy atom. The Kier molecular flexibility index (Phi) is 10.4. The Hall–Kier alpha value is -1.02. The van der Waals surface area contributed by atoms with Crippen LogP contribution in [0.3, 0.4) is 0 Å². The molecule has 27 heavy (non-hydrogen) atoms. The van der Waals surface area contributed by atoms with Crippen LogP contribution in [-0.2, 0) is 5.41 Å². The molecule has 1 fully saturated rings. The fraction of sp³-hybridized carbons (Fsp3) is 0.667. The molecule has 1 aromatic rings. The summed E-state index contributed by atoms with van der Waals surface area (Å²) >= 11 is 0. The molecular formula is C21H36IN3O2. The SMILES string of the molecule is CCNC(=NCCOc1ccc(C(C)(C)C)cc1)NC1CCC(O)CC1.I. The highest BCUT2D eigenvalue weighted by Gasteiger charge is 2.19. The van der Waals surface area contributed by atoms with Crippen LogP contribution in [0.25, 0.3) is 0 Å². The molecule has 0 aromatic heterocycles. The fourth-order valence-electron chi connectivity index (χ4n) is 3.11. The summed E-state index contributed by atoms with van der Waals surface area (Å²) in [5, 5.41) is 16.4. The van der Waals surface area contributed by atoms with Gasteiger partial charge in [-0.3, -0.25) is 0 Å². The van der Waals surface area contributed by atoms with Gasteiger partial charge in [-0.05, 0) is 55.7 Å². The number of aliphatic hydroxyl groups is 1. The third kappa shape index (κ3) is 8.68. The lowest BCUT2D eigenvalue weighted by Gasteiger charge is -2.27. The largest absolute Gasteiger partial charge is 0.492 e. The van der Waals surface area contributed by atoms with Gasteiger partial charge in [0.15, 0.2) is 5.96 Å². The van der Waals surface area contributed by atoms with Crippen molar-refractivity contribution in [3.63, 3.8) is 0 Å². The number of nitrogens with one attached hydrogen (secondary N) is 2. The monoisotopic (exact) mass is 489 g/mol. The summed E-state index contributed by atoms with van der Waals surface area (Å²) in [7, 11) is 0. The van der Waals surface area contributed by atoms with Gasteiger partial charge >= 0.3 is 0 Å². The topological polar surface area (TPSA) is 65.9 Å². The lowest BCUT2D eigenvalue weighted by Crippen LogP contribution is -2.45. The molecule has 3 N–H and O–H groups in total. The van der Waals surface area contributed by atoms with Crippen LogP contribution in [0.15, 0.2) is 29.3 Å². The second-order valence-corrected chi connectivity index (χ2v) is 8.03. The molecule has 0 atom stereocenters. The van der Waals surface area contributed by atoms with E-state index >= 15 is 0 Å². The molecule has 1 aromatic carbocycles. The van der Waals surface area contributed by atoms with Crippen molar-refractivity contribution in [1.82, 2.24) is 10.6 Å². The Morgan fingerprint density at radius 3 is 2.33 bits per heavy atom. The summed E-state index contributed by atoms with van der Waals surface area (Å²) in [4.78, 5) is 4.61. The number of ether oxygens (including phenoxy) is 1. The Morgan fingerprint density at radius 1 is 1.15 bits per heavy atom. The van der Waals surface area contributed by atoms with E-state index in [1.54, 1.807) is 0 Å². The molecule has 0 aliphatic heterocycles. The van der Waals surface area contributed by atoms with Crippen molar-refractivity contribution in [2.24, 2.45) is 4.99 Å². The summed E-state index contributed by atoms with van der Waals surface area (Å²) in [5.41, 5.74) is 1.46. The van der Waals surface area contributed by atoms with E-state index in [9.17, 15) is 5.11 Å². The van der Waals surface area contributed by atoms with E-state index in [0.29, 0.717) is 19.2 Å². The zero-order valence-corrected chi connectivity index (χ0v) is 19.5. The number of aliphatic imine (C=N–C) groups is 1. The van der Waals surface area contributed by atoms with Gasteiger partial charge in [0.2, 0.25) is 0 Å². The second-order valence-electron chi connectivity index (χ2n) is 8.03. The second kappa shape index (κ2) is 11.7. The summed E-state index contributed by atoms with van der Waals surface area (Å²) in [6.45, 7) is 10.7. The quantitative estimate of drug-likeness (QED) is 0.246. The lowest BCUT2D eigenvalue weighted by atomic mass is 9.87. The minimum Gasteiger partial charge on any atom is -0.492 e. The van der Waals surface area contributed by atoms with Crippen molar-refractivity contribution in [3.05, 3.63) is 29.8 Å². The van der Waals surface area contributed by atoms with Crippen LogP contribution in [0, 0.1) is 0 Å². The molecule has 6 heteroatoms. The summed E-state index contributed by atoms with van der Waals surface area (Å²) in [5.74, 6) is 1.72. The van der Waals surface area contributed by atoms with Crippen molar-refractivity contribution in [2.45, 2.75) is 70.9 Å². The number of rotatable bonds is 6. The molecule has 2 rings (SSSR count). The van der Waals surface area contributed by atoms with E-state index in [0.717, 1.165) is 43.9 Å². The highest BCUT2D eigenvalue weighted by molar-refractivity contribution is 14.0. The Bertz CT molecular complexity index is 562. The van der Waals surface area contributed by atoms with Crippen LogP contribution >= 0.6 is 24.0 Å².